The third kappa shape index (κ3) is 3.80. The largest absolute Gasteiger partial charge is 0.361 e. The van der Waals surface area contributed by atoms with E-state index in [0.29, 0.717) is 6.04 Å². The van der Waals surface area contributed by atoms with Crippen molar-refractivity contribution in [2.24, 2.45) is 0 Å². The Bertz CT molecular complexity index is 1240. The molecule has 0 amide bonds. The maximum Gasteiger partial charge on any atom is 0.0789 e. The Kier molecular flexibility index (Phi) is 6.11. The lowest BCUT2D eigenvalue weighted by Gasteiger charge is -2.33. The van der Waals surface area contributed by atoms with Gasteiger partial charge >= 0.3 is 0 Å². The molecule has 0 saturated carbocycles. The summed E-state index contributed by atoms with van der Waals surface area (Å²) in [6, 6.07) is 16.3. The zero-order valence-corrected chi connectivity index (χ0v) is 20.5. The van der Waals surface area contributed by atoms with Crippen LogP contribution in [0.3, 0.4) is 0 Å². The van der Waals surface area contributed by atoms with Gasteiger partial charge in [0.25, 0.3) is 0 Å². The molecule has 172 valence electrons. The van der Waals surface area contributed by atoms with Crippen LogP contribution >= 0.6 is 0 Å². The molecule has 0 spiro atoms. The van der Waals surface area contributed by atoms with E-state index in [1.54, 1.807) is 0 Å². The van der Waals surface area contributed by atoms with Crippen LogP contribution in [0.5, 0.6) is 0 Å². The number of aryl methyl sites for hydroxylation is 2. The van der Waals surface area contributed by atoms with Crippen LogP contribution < -0.4 is 0 Å². The summed E-state index contributed by atoms with van der Waals surface area (Å²) in [7, 11) is 0. The SMILES string of the molecule is CCc1cccc(CC)c1-n1nc2c(c1-c1ccc3[nH]ccc3c1)CN(C(CC)CC)CC2. The minimum atomic E-state index is 0.635. The molecule has 0 radical (unpaired) electrons. The van der Waals surface area contributed by atoms with Crippen LogP contribution in [0.2, 0.25) is 0 Å². The van der Waals surface area contributed by atoms with Gasteiger partial charge in [-0.1, -0.05) is 52.0 Å². The first-order valence-electron chi connectivity index (χ1n) is 12.7. The van der Waals surface area contributed by atoms with Gasteiger partial charge in [-0.2, -0.15) is 5.10 Å². The molecule has 3 heterocycles. The highest BCUT2D eigenvalue weighted by molar-refractivity contribution is 5.85. The maximum atomic E-state index is 5.31. The Morgan fingerprint density at radius 1 is 0.970 bits per heavy atom. The van der Waals surface area contributed by atoms with Crippen molar-refractivity contribution in [1.82, 2.24) is 19.7 Å². The van der Waals surface area contributed by atoms with Gasteiger partial charge in [-0.05, 0) is 55.0 Å². The number of benzene rings is 2. The zero-order valence-electron chi connectivity index (χ0n) is 20.5. The van der Waals surface area contributed by atoms with E-state index in [2.05, 4.69) is 84.7 Å². The number of aromatic nitrogens is 3. The van der Waals surface area contributed by atoms with Crippen LogP contribution in [-0.4, -0.2) is 32.3 Å². The molecule has 1 N–H and O–H groups in total. The molecule has 33 heavy (non-hydrogen) atoms. The summed E-state index contributed by atoms with van der Waals surface area (Å²) >= 11 is 0. The lowest BCUT2D eigenvalue weighted by molar-refractivity contribution is 0.169. The molecule has 1 aliphatic rings. The summed E-state index contributed by atoms with van der Waals surface area (Å²) < 4.78 is 2.30. The maximum absolute atomic E-state index is 5.31. The molecule has 0 unspecified atom stereocenters. The van der Waals surface area contributed by atoms with E-state index in [-0.39, 0.29) is 0 Å². The number of rotatable bonds is 7. The van der Waals surface area contributed by atoms with Crippen molar-refractivity contribution in [3.63, 3.8) is 0 Å². The molecule has 1 aliphatic heterocycles. The Morgan fingerprint density at radius 3 is 2.42 bits per heavy atom. The predicted molar refractivity (Wildman–Crippen MR) is 138 cm³/mol. The van der Waals surface area contributed by atoms with Crippen molar-refractivity contribution in [1.29, 1.82) is 0 Å². The van der Waals surface area contributed by atoms with Crippen molar-refractivity contribution >= 4 is 10.9 Å². The Balaban J connectivity index is 1.75. The molecule has 4 nitrogen and oxygen atoms in total. The van der Waals surface area contributed by atoms with Crippen LogP contribution in [0.25, 0.3) is 27.8 Å². The van der Waals surface area contributed by atoms with Crippen molar-refractivity contribution < 1.29 is 0 Å². The Morgan fingerprint density at radius 2 is 1.73 bits per heavy atom. The Labute approximate surface area is 197 Å². The number of fused-ring (bicyclic) bond motifs is 2. The van der Waals surface area contributed by atoms with Crippen LogP contribution in [0.1, 0.15) is 62.9 Å². The second kappa shape index (κ2) is 9.18. The average Bonchev–Trinajstić information content (AvgIpc) is 3.47. The summed E-state index contributed by atoms with van der Waals surface area (Å²) in [5, 5.41) is 6.56. The molecule has 2 aromatic carbocycles. The first kappa shape index (κ1) is 22.0. The monoisotopic (exact) mass is 440 g/mol. The minimum absolute atomic E-state index is 0.635. The van der Waals surface area contributed by atoms with Crippen molar-refractivity contribution in [2.45, 2.75) is 72.4 Å². The fourth-order valence-electron chi connectivity index (χ4n) is 5.66. The summed E-state index contributed by atoms with van der Waals surface area (Å²) in [6.45, 7) is 11.2. The third-order valence-electron chi connectivity index (χ3n) is 7.53. The Hall–Kier alpha value is -2.85. The molecule has 0 atom stereocenters. The van der Waals surface area contributed by atoms with Crippen LogP contribution in [0.15, 0.2) is 48.7 Å². The van der Waals surface area contributed by atoms with Crippen molar-refractivity contribution in [3.8, 4) is 16.9 Å². The highest BCUT2D eigenvalue weighted by Gasteiger charge is 2.29. The summed E-state index contributed by atoms with van der Waals surface area (Å²) in [5.41, 5.74) is 10.4. The van der Waals surface area contributed by atoms with E-state index in [9.17, 15) is 0 Å². The van der Waals surface area contributed by atoms with E-state index in [4.69, 9.17) is 5.10 Å². The molecule has 2 aromatic heterocycles. The molecule has 4 aromatic rings. The van der Waals surface area contributed by atoms with Crippen molar-refractivity contribution in [2.75, 3.05) is 6.54 Å². The summed E-state index contributed by atoms with van der Waals surface area (Å²) in [4.78, 5) is 6.02. The third-order valence-corrected chi connectivity index (χ3v) is 7.53. The smallest absolute Gasteiger partial charge is 0.0789 e. The van der Waals surface area contributed by atoms with E-state index in [0.717, 1.165) is 32.4 Å². The highest BCUT2D eigenvalue weighted by Crippen LogP contribution is 2.37. The zero-order chi connectivity index (χ0) is 22.9. The second-order valence-electron chi connectivity index (χ2n) is 9.29. The van der Waals surface area contributed by atoms with Crippen LogP contribution in [-0.2, 0) is 25.8 Å². The van der Waals surface area contributed by atoms with Gasteiger partial charge in [0.15, 0.2) is 0 Å². The second-order valence-corrected chi connectivity index (χ2v) is 9.29. The average molecular weight is 441 g/mol. The quantitative estimate of drug-likeness (QED) is 0.347. The van der Waals surface area contributed by atoms with Crippen LogP contribution in [0, 0.1) is 0 Å². The first-order chi connectivity index (χ1) is 16.2. The molecule has 5 rings (SSSR count). The molecule has 0 fully saturated rings. The normalized spacial score (nSPS) is 14.3. The van der Waals surface area contributed by atoms with Gasteiger partial charge in [-0.3, -0.25) is 4.90 Å². The van der Waals surface area contributed by atoms with E-state index >= 15 is 0 Å². The fraction of sp³-hybridized carbons (Fsp3) is 0.414. The van der Waals surface area contributed by atoms with Crippen LogP contribution in [0.4, 0.5) is 0 Å². The first-order valence-corrected chi connectivity index (χ1v) is 12.7. The number of aromatic amines is 1. The standard InChI is InChI=1S/C29H36N4/c1-5-20-10-9-11-21(6-2)28(20)33-29(23-12-13-26-22(18-23)14-16-30-26)25-19-32(24(7-3)8-4)17-15-27(25)31-33/h9-14,16,18,24,30H,5-8,15,17,19H2,1-4H3. The van der Waals surface area contributed by atoms with Gasteiger partial charge in [0, 0.05) is 53.8 Å². The summed E-state index contributed by atoms with van der Waals surface area (Å²) in [6.07, 6.45) is 7.45. The van der Waals surface area contributed by atoms with Gasteiger partial charge in [-0.25, -0.2) is 4.68 Å². The minimum Gasteiger partial charge on any atom is -0.361 e. The molecule has 0 saturated heterocycles. The van der Waals surface area contributed by atoms with E-state index in [1.807, 2.05) is 6.20 Å². The molecule has 0 bridgehead atoms. The number of H-pyrrole nitrogens is 1. The van der Waals surface area contributed by atoms with Gasteiger partial charge < -0.3 is 4.98 Å². The number of para-hydroxylation sites is 1. The fourth-order valence-corrected chi connectivity index (χ4v) is 5.66. The predicted octanol–water partition coefficient (Wildman–Crippen LogP) is 6.69. The number of hydrogen-bond acceptors (Lipinski definition) is 2. The summed E-state index contributed by atoms with van der Waals surface area (Å²) in [5.74, 6) is 0. The lowest BCUT2D eigenvalue weighted by Crippen LogP contribution is -2.38. The van der Waals surface area contributed by atoms with Gasteiger partial charge in [-0.15, -0.1) is 0 Å². The number of nitrogens with zero attached hydrogens (tertiary/aromatic N) is 3. The molecule has 4 heteroatoms. The highest BCUT2D eigenvalue weighted by atomic mass is 15.3. The van der Waals surface area contributed by atoms with Gasteiger partial charge in [0.05, 0.1) is 17.1 Å². The van der Waals surface area contributed by atoms with Gasteiger partial charge in [0.2, 0.25) is 0 Å². The topological polar surface area (TPSA) is 36.9 Å². The van der Waals surface area contributed by atoms with Gasteiger partial charge in [0.1, 0.15) is 0 Å². The number of nitrogens with one attached hydrogen (secondary N) is 1. The lowest BCUT2D eigenvalue weighted by atomic mass is 9.97. The molecular weight excluding hydrogens is 404 g/mol. The van der Waals surface area contributed by atoms with Crippen molar-refractivity contribution in [3.05, 3.63) is 71.0 Å². The number of hydrogen-bond donors (Lipinski definition) is 1. The molecular formula is C29H36N4. The van der Waals surface area contributed by atoms with E-state index in [1.165, 1.54) is 63.1 Å². The van der Waals surface area contributed by atoms with E-state index < -0.39 is 0 Å². The molecule has 0 aliphatic carbocycles.